The lowest BCUT2D eigenvalue weighted by molar-refractivity contribution is 0.172. The number of phosphoric acid groups is 1. The standard InChI is InChI=1S/C6H7Cl4O4P/c7-1-5(9)3-13-15(11,12)14-4-6(10)2-8/h1-2H,3-4H2,(H,11,12)/b5-1-,6-2-. The van der Waals surface area contributed by atoms with Gasteiger partial charge in [-0.3, -0.25) is 9.05 Å². The minimum atomic E-state index is -4.19. The summed E-state index contributed by atoms with van der Waals surface area (Å²) in [6, 6.07) is 0. The molecule has 0 saturated carbocycles. The predicted octanol–water partition coefficient (Wildman–Crippen LogP) is 3.76. The maximum Gasteiger partial charge on any atom is 0.472 e. The van der Waals surface area contributed by atoms with Gasteiger partial charge in [0.05, 0.1) is 23.3 Å². The van der Waals surface area contributed by atoms with E-state index < -0.39 is 7.82 Å². The first-order valence-corrected chi connectivity index (χ1v) is 6.55. The second-order valence-corrected chi connectivity index (χ2v) is 4.99. The summed E-state index contributed by atoms with van der Waals surface area (Å²) in [5.41, 5.74) is 2.01. The predicted molar refractivity (Wildman–Crippen MR) is 61.3 cm³/mol. The number of phosphoric ester groups is 1. The molecule has 0 saturated heterocycles. The van der Waals surface area contributed by atoms with Crippen molar-refractivity contribution in [2.24, 2.45) is 0 Å². The number of halogens is 4. The fraction of sp³-hybridized carbons (Fsp3) is 0.333. The van der Waals surface area contributed by atoms with Crippen molar-refractivity contribution in [1.82, 2.24) is 0 Å². The summed E-state index contributed by atoms with van der Waals surface area (Å²) in [4.78, 5) is 9.06. The van der Waals surface area contributed by atoms with Crippen LogP contribution in [0.5, 0.6) is 0 Å². The minimum Gasteiger partial charge on any atom is -0.302 e. The maximum absolute atomic E-state index is 11.1. The molecule has 0 aromatic carbocycles. The van der Waals surface area contributed by atoms with Crippen molar-refractivity contribution >= 4 is 54.2 Å². The first kappa shape index (κ1) is 15.8. The zero-order valence-electron chi connectivity index (χ0n) is 7.20. The van der Waals surface area contributed by atoms with Gasteiger partial charge in [0, 0.05) is 11.1 Å². The molecular formula is C6H7Cl4O4P. The van der Waals surface area contributed by atoms with E-state index in [1.807, 2.05) is 0 Å². The van der Waals surface area contributed by atoms with Crippen LogP contribution in [0, 0.1) is 0 Å². The van der Waals surface area contributed by atoms with Crippen molar-refractivity contribution in [3.8, 4) is 0 Å². The molecule has 88 valence electrons. The summed E-state index contributed by atoms with van der Waals surface area (Å²) in [5.74, 6) is 0. The molecule has 0 aromatic heterocycles. The van der Waals surface area contributed by atoms with Crippen LogP contribution in [-0.4, -0.2) is 18.1 Å². The van der Waals surface area contributed by atoms with E-state index in [-0.39, 0.29) is 23.3 Å². The Hall–Kier alpha value is 0.750. The van der Waals surface area contributed by atoms with Crippen molar-refractivity contribution in [3.05, 3.63) is 21.1 Å². The van der Waals surface area contributed by atoms with Crippen LogP contribution in [0.15, 0.2) is 21.1 Å². The van der Waals surface area contributed by atoms with Gasteiger partial charge in [0.15, 0.2) is 0 Å². The molecule has 0 bridgehead atoms. The Morgan fingerprint density at radius 2 is 1.47 bits per heavy atom. The van der Waals surface area contributed by atoms with Gasteiger partial charge in [-0.15, -0.1) is 0 Å². The molecule has 1 N–H and O–H groups in total. The Kier molecular flexibility index (Phi) is 8.33. The van der Waals surface area contributed by atoms with E-state index in [0.29, 0.717) is 0 Å². The highest BCUT2D eigenvalue weighted by molar-refractivity contribution is 7.47. The van der Waals surface area contributed by atoms with Gasteiger partial charge in [-0.25, -0.2) is 4.57 Å². The van der Waals surface area contributed by atoms with Crippen LogP contribution in [-0.2, 0) is 13.6 Å². The van der Waals surface area contributed by atoms with E-state index >= 15 is 0 Å². The lowest BCUT2D eigenvalue weighted by Crippen LogP contribution is -1.98. The molecular weight excluding hydrogens is 309 g/mol. The first-order chi connectivity index (χ1) is 6.91. The quantitative estimate of drug-likeness (QED) is 0.758. The molecule has 0 amide bonds. The SMILES string of the molecule is O=P(O)(OC/C(Cl)=C/Cl)OC/C(Cl)=C/Cl. The van der Waals surface area contributed by atoms with E-state index in [1.165, 1.54) is 0 Å². The second kappa shape index (κ2) is 7.93. The molecule has 0 aliphatic rings. The van der Waals surface area contributed by atoms with Crippen LogP contribution in [0.4, 0.5) is 0 Å². The van der Waals surface area contributed by atoms with Gasteiger partial charge in [0.25, 0.3) is 0 Å². The van der Waals surface area contributed by atoms with Crippen molar-refractivity contribution in [2.45, 2.75) is 0 Å². The maximum atomic E-state index is 11.1. The molecule has 0 rings (SSSR count). The average molecular weight is 316 g/mol. The van der Waals surface area contributed by atoms with E-state index in [4.69, 9.17) is 51.3 Å². The summed E-state index contributed by atoms with van der Waals surface area (Å²) in [6.45, 7) is -0.665. The lowest BCUT2D eigenvalue weighted by atomic mass is 10.7. The molecule has 0 radical (unpaired) electrons. The molecule has 0 atom stereocenters. The van der Waals surface area contributed by atoms with Gasteiger partial charge in [-0.1, -0.05) is 46.4 Å². The Morgan fingerprint density at radius 1 is 1.13 bits per heavy atom. The van der Waals surface area contributed by atoms with Gasteiger partial charge in [0.2, 0.25) is 0 Å². The van der Waals surface area contributed by atoms with E-state index in [2.05, 4.69) is 9.05 Å². The van der Waals surface area contributed by atoms with Crippen LogP contribution in [0.1, 0.15) is 0 Å². The fourth-order valence-electron chi connectivity index (χ4n) is 0.387. The normalized spacial score (nSPS) is 14.5. The zero-order valence-corrected chi connectivity index (χ0v) is 11.1. The van der Waals surface area contributed by atoms with Crippen LogP contribution >= 0.6 is 54.2 Å². The Labute approximate surface area is 107 Å². The number of hydrogen-bond donors (Lipinski definition) is 1. The van der Waals surface area contributed by atoms with Crippen LogP contribution in [0.3, 0.4) is 0 Å². The number of hydrogen-bond acceptors (Lipinski definition) is 3. The smallest absolute Gasteiger partial charge is 0.302 e. The third-order valence-electron chi connectivity index (χ3n) is 0.968. The molecule has 0 aromatic rings. The van der Waals surface area contributed by atoms with Gasteiger partial charge >= 0.3 is 7.82 Å². The number of rotatable bonds is 6. The second-order valence-electron chi connectivity index (χ2n) is 2.13. The molecule has 15 heavy (non-hydrogen) atoms. The molecule has 0 fully saturated rings. The lowest BCUT2D eigenvalue weighted by Gasteiger charge is -2.10. The molecule has 0 aliphatic heterocycles. The largest absolute Gasteiger partial charge is 0.472 e. The zero-order chi connectivity index (χ0) is 11.9. The molecule has 0 aliphatic carbocycles. The third kappa shape index (κ3) is 8.55. The molecule has 0 heterocycles. The Morgan fingerprint density at radius 3 is 1.73 bits per heavy atom. The summed E-state index contributed by atoms with van der Waals surface area (Å²) in [6.07, 6.45) is 0. The van der Waals surface area contributed by atoms with Crippen molar-refractivity contribution in [1.29, 1.82) is 0 Å². The van der Waals surface area contributed by atoms with Gasteiger partial charge in [0.1, 0.15) is 0 Å². The highest BCUT2D eigenvalue weighted by Gasteiger charge is 2.21. The average Bonchev–Trinajstić information content (AvgIpc) is 2.22. The summed E-state index contributed by atoms with van der Waals surface area (Å²) < 4.78 is 20.0. The third-order valence-corrected chi connectivity index (χ3v) is 3.07. The topological polar surface area (TPSA) is 55.8 Å². The van der Waals surface area contributed by atoms with Gasteiger partial charge in [-0.05, 0) is 0 Å². The molecule has 9 heteroatoms. The monoisotopic (exact) mass is 314 g/mol. The Bertz CT molecular complexity index is 278. The van der Waals surface area contributed by atoms with Crippen LogP contribution in [0.25, 0.3) is 0 Å². The molecule has 0 unspecified atom stereocenters. The van der Waals surface area contributed by atoms with Crippen LogP contribution in [0.2, 0.25) is 0 Å². The van der Waals surface area contributed by atoms with Gasteiger partial charge < -0.3 is 4.89 Å². The van der Waals surface area contributed by atoms with E-state index in [0.717, 1.165) is 11.1 Å². The molecule has 4 nitrogen and oxygen atoms in total. The minimum absolute atomic E-state index is 0.0634. The van der Waals surface area contributed by atoms with E-state index in [1.54, 1.807) is 0 Å². The highest BCUT2D eigenvalue weighted by atomic mass is 35.5. The van der Waals surface area contributed by atoms with Crippen molar-refractivity contribution in [3.63, 3.8) is 0 Å². The highest BCUT2D eigenvalue weighted by Crippen LogP contribution is 2.44. The molecule has 0 spiro atoms. The summed E-state index contributed by atoms with van der Waals surface area (Å²) in [7, 11) is -4.19. The summed E-state index contributed by atoms with van der Waals surface area (Å²) >= 11 is 21.2. The van der Waals surface area contributed by atoms with Crippen LogP contribution < -0.4 is 0 Å². The van der Waals surface area contributed by atoms with Crippen molar-refractivity contribution < 1.29 is 18.5 Å². The van der Waals surface area contributed by atoms with E-state index in [9.17, 15) is 4.57 Å². The Balaban J connectivity index is 4.03. The van der Waals surface area contributed by atoms with Crippen molar-refractivity contribution in [2.75, 3.05) is 13.2 Å². The fourth-order valence-corrected chi connectivity index (χ4v) is 1.45. The summed E-state index contributed by atoms with van der Waals surface area (Å²) in [5, 5.41) is 0.127. The van der Waals surface area contributed by atoms with Gasteiger partial charge in [-0.2, -0.15) is 0 Å². The first-order valence-electron chi connectivity index (χ1n) is 3.42.